The maximum atomic E-state index is 8.49. The number of hydrogen-bond acceptors (Lipinski definition) is 5. The maximum absolute atomic E-state index is 8.49. The molecule has 0 saturated heterocycles. The predicted octanol–water partition coefficient (Wildman–Crippen LogP) is 2.77. The number of rotatable bonds is 4. The maximum Gasteiger partial charge on any atom is 0.128 e. The molecule has 0 unspecified atom stereocenters. The summed E-state index contributed by atoms with van der Waals surface area (Å²) in [5.41, 5.74) is 1.66. The highest BCUT2D eigenvalue weighted by atomic mass is 32.2. The predicted molar refractivity (Wildman–Crippen MR) is 70.4 cm³/mol. The van der Waals surface area contributed by atoms with Crippen molar-refractivity contribution in [1.82, 2.24) is 10.2 Å². The summed E-state index contributed by atoms with van der Waals surface area (Å²) in [6.45, 7) is 0. The molecule has 4 nitrogen and oxygen atoms in total. The molecule has 2 aromatic rings. The number of nitriles is 1. The largest absolute Gasteiger partial charge is 0.496 e. The van der Waals surface area contributed by atoms with E-state index in [2.05, 4.69) is 16.3 Å². The number of methoxy groups -OCH3 is 1. The molecule has 0 saturated carbocycles. The zero-order chi connectivity index (χ0) is 12.8. The van der Waals surface area contributed by atoms with Crippen LogP contribution in [0.4, 0.5) is 0 Å². The van der Waals surface area contributed by atoms with Crippen molar-refractivity contribution in [2.24, 2.45) is 0 Å². The summed E-state index contributed by atoms with van der Waals surface area (Å²) >= 11 is 1.37. The molecule has 18 heavy (non-hydrogen) atoms. The highest BCUT2D eigenvalue weighted by molar-refractivity contribution is 7.99. The lowest BCUT2D eigenvalue weighted by atomic mass is 10.1. The first-order chi connectivity index (χ1) is 8.85. The van der Waals surface area contributed by atoms with Crippen molar-refractivity contribution < 1.29 is 4.74 Å². The van der Waals surface area contributed by atoms with Gasteiger partial charge in [-0.15, -0.1) is 10.2 Å². The second kappa shape index (κ2) is 6.03. The van der Waals surface area contributed by atoms with Crippen LogP contribution >= 0.6 is 11.8 Å². The molecule has 0 atom stereocenters. The van der Waals surface area contributed by atoms with Gasteiger partial charge in [0, 0.05) is 5.56 Å². The van der Waals surface area contributed by atoms with Gasteiger partial charge in [-0.1, -0.05) is 23.9 Å². The Morgan fingerprint density at radius 1 is 1.22 bits per heavy atom. The molecule has 0 aliphatic rings. The second-order valence-corrected chi connectivity index (χ2v) is 4.40. The number of nitrogens with zero attached hydrogens (tertiary/aromatic N) is 3. The average Bonchev–Trinajstić information content (AvgIpc) is 2.45. The monoisotopic (exact) mass is 257 g/mol. The lowest BCUT2D eigenvalue weighted by molar-refractivity contribution is 0.416. The van der Waals surface area contributed by atoms with Crippen molar-refractivity contribution in [2.75, 3.05) is 12.9 Å². The van der Waals surface area contributed by atoms with Gasteiger partial charge in [-0.25, -0.2) is 0 Å². The second-order valence-electron chi connectivity index (χ2n) is 3.40. The number of aromatic nitrogens is 2. The summed E-state index contributed by atoms with van der Waals surface area (Å²) in [6, 6.07) is 13.5. The molecule has 1 aromatic heterocycles. The Morgan fingerprint density at radius 2 is 2.06 bits per heavy atom. The highest BCUT2D eigenvalue weighted by Crippen LogP contribution is 2.28. The van der Waals surface area contributed by atoms with Gasteiger partial charge in [-0.05, 0) is 24.3 Å². The normalized spacial score (nSPS) is 9.78. The van der Waals surface area contributed by atoms with Gasteiger partial charge in [0.05, 0.1) is 24.6 Å². The molecule has 0 aliphatic heterocycles. The van der Waals surface area contributed by atoms with Gasteiger partial charge < -0.3 is 4.74 Å². The van der Waals surface area contributed by atoms with Crippen LogP contribution in [0, 0.1) is 11.3 Å². The average molecular weight is 257 g/mol. The van der Waals surface area contributed by atoms with E-state index in [0.717, 1.165) is 22.0 Å². The Hall–Kier alpha value is -2.06. The van der Waals surface area contributed by atoms with Crippen LogP contribution in [0.2, 0.25) is 0 Å². The summed E-state index contributed by atoms with van der Waals surface area (Å²) in [5, 5.41) is 17.5. The Balaban J connectivity index is 2.26. The number of benzene rings is 1. The topological polar surface area (TPSA) is 58.8 Å². The summed E-state index contributed by atoms with van der Waals surface area (Å²) < 4.78 is 5.28. The van der Waals surface area contributed by atoms with E-state index >= 15 is 0 Å². The molecule has 0 aliphatic carbocycles. The quantitative estimate of drug-likeness (QED) is 0.788. The third-order valence-electron chi connectivity index (χ3n) is 2.31. The fraction of sp³-hybridized carbons (Fsp3) is 0.154. The molecule has 90 valence electrons. The van der Waals surface area contributed by atoms with Crippen molar-refractivity contribution in [3.05, 3.63) is 36.4 Å². The summed E-state index contributed by atoms with van der Waals surface area (Å²) in [5.74, 6) is 1.15. The smallest absolute Gasteiger partial charge is 0.128 e. The zero-order valence-electron chi connectivity index (χ0n) is 9.83. The molecule has 1 heterocycles. The van der Waals surface area contributed by atoms with Crippen LogP contribution in [0.3, 0.4) is 0 Å². The fourth-order valence-electron chi connectivity index (χ4n) is 1.50. The van der Waals surface area contributed by atoms with Crippen molar-refractivity contribution >= 4 is 11.8 Å². The minimum atomic E-state index is 0.378. The van der Waals surface area contributed by atoms with Gasteiger partial charge in [-0.2, -0.15) is 5.26 Å². The third kappa shape index (κ3) is 2.79. The minimum absolute atomic E-state index is 0.378. The Labute approximate surface area is 110 Å². The van der Waals surface area contributed by atoms with E-state index in [1.807, 2.05) is 36.4 Å². The molecule has 2 rings (SSSR count). The molecular formula is C13H11N3OS. The third-order valence-corrected chi connectivity index (χ3v) is 3.09. The number of thioether (sulfide) groups is 1. The first-order valence-electron chi connectivity index (χ1n) is 5.32. The lowest BCUT2D eigenvalue weighted by Crippen LogP contribution is -1.92. The zero-order valence-corrected chi connectivity index (χ0v) is 10.6. The molecule has 0 bridgehead atoms. The van der Waals surface area contributed by atoms with Crippen LogP contribution < -0.4 is 4.74 Å². The number of hydrogen-bond donors (Lipinski definition) is 0. The molecule has 0 amide bonds. The Kier molecular flexibility index (Phi) is 4.15. The molecule has 0 radical (unpaired) electrons. The van der Waals surface area contributed by atoms with Crippen LogP contribution in [0.1, 0.15) is 0 Å². The number of para-hydroxylation sites is 1. The van der Waals surface area contributed by atoms with Crippen LogP contribution in [0.25, 0.3) is 11.3 Å². The van der Waals surface area contributed by atoms with E-state index < -0.39 is 0 Å². The molecule has 0 spiro atoms. The van der Waals surface area contributed by atoms with E-state index in [9.17, 15) is 0 Å². The number of ether oxygens (including phenoxy) is 1. The van der Waals surface area contributed by atoms with Gasteiger partial charge in [0.1, 0.15) is 10.8 Å². The van der Waals surface area contributed by atoms with Crippen molar-refractivity contribution in [3.8, 4) is 23.1 Å². The Bertz CT molecular complexity index is 563. The van der Waals surface area contributed by atoms with E-state index in [1.165, 1.54) is 11.8 Å². The van der Waals surface area contributed by atoms with Gasteiger partial charge in [-0.3, -0.25) is 0 Å². The summed E-state index contributed by atoms with van der Waals surface area (Å²) in [7, 11) is 1.63. The molecule has 0 N–H and O–H groups in total. The minimum Gasteiger partial charge on any atom is -0.496 e. The molecule has 5 heteroatoms. The standard InChI is InChI=1S/C13H11N3OS/c1-17-12-5-3-2-4-10(12)11-6-7-13(16-15-11)18-9-8-14/h2-7H,9H2,1H3. The van der Waals surface area contributed by atoms with Crippen molar-refractivity contribution in [2.45, 2.75) is 5.03 Å². The summed E-state index contributed by atoms with van der Waals surface area (Å²) in [4.78, 5) is 0. The molecule has 1 aromatic carbocycles. The van der Waals surface area contributed by atoms with Gasteiger partial charge in [0.2, 0.25) is 0 Å². The fourth-order valence-corrected chi connectivity index (χ4v) is 1.98. The molecular weight excluding hydrogens is 246 g/mol. The lowest BCUT2D eigenvalue weighted by Gasteiger charge is -2.06. The summed E-state index contributed by atoms with van der Waals surface area (Å²) in [6.07, 6.45) is 0. The SMILES string of the molecule is COc1ccccc1-c1ccc(SCC#N)nn1. The van der Waals surface area contributed by atoms with E-state index in [0.29, 0.717) is 5.75 Å². The van der Waals surface area contributed by atoms with Crippen molar-refractivity contribution in [1.29, 1.82) is 5.26 Å². The highest BCUT2D eigenvalue weighted by Gasteiger charge is 2.06. The molecule has 0 fully saturated rings. The van der Waals surface area contributed by atoms with Gasteiger partial charge in [0.25, 0.3) is 0 Å². The van der Waals surface area contributed by atoms with Crippen LogP contribution in [-0.2, 0) is 0 Å². The van der Waals surface area contributed by atoms with Gasteiger partial charge >= 0.3 is 0 Å². The van der Waals surface area contributed by atoms with Gasteiger partial charge in [0.15, 0.2) is 0 Å². The van der Waals surface area contributed by atoms with E-state index in [1.54, 1.807) is 7.11 Å². The van der Waals surface area contributed by atoms with Crippen LogP contribution in [-0.4, -0.2) is 23.1 Å². The first-order valence-corrected chi connectivity index (χ1v) is 6.30. The van der Waals surface area contributed by atoms with E-state index in [-0.39, 0.29) is 0 Å². The first kappa shape index (κ1) is 12.4. The Morgan fingerprint density at radius 3 is 2.72 bits per heavy atom. The van der Waals surface area contributed by atoms with Crippen LogP contribution in [0.5, 0.6) is 5.75 Å². The van der Waals surface area contributed by atoms with Crippen LogP contribution in [0.15, 0.2) is 41.4 Å². The van der Waals surface area contributed by atoms with Crippen molar-refractivity contribution in [3.63, 3.8) is 0 Å². The van der Waals surface area contributed by atoms with E-state index in [4.69, 9.17) is 10.00 Å².